The SMILES string of the molecule is CC1CCCC1NS(=O)(=O)CCSc1ccccc1N. The molecule has 0 radical (unpaired) electrons. The van der Waals surface area contributed by atoms with E-state index in [2.05, 4.69) is 11.6 Å². The maximum Gasteiger partial charge on any atom is 0.212 e. The first-order valence-corrected chi connectivity index (χ1v) is 9.59. The van der Waals surface area contributed by atoms with Crippen molar-refractivity contribution in [3.63, 3.8) is 0 Å². The lowest BCUT2D eigenvalue weighted by molar-refractivity contribution is 0.477. The average molecular weight is 314 g/mol. The summed E-state index contributed by atoms with van der Waals surface area (Å²) in [5.41, 5.74) is 6.54. The van der Waals surface area contributed by atoms with Crippen molar-refractivity contribution in [3.05, 3.63) is 24.3 Å². The second-order valence-electron chi connectivity index (χ2n) is 5.34. The lowest BCUT2D eigenvalue weighted by atomic mass is 10.1. The van der Waals surface area contributed by atoms with Gasteiger partial charge in [-0.1, -0.05) is 25.5 Å². The highest BCUT2D eigenvalue weighted by atomic mass is 32.2. The van der Waals surface area contributed by atoms with Gasteiger partial charge in [0.05, 0.1) is 5.75 Å². The van der Waals surface area contributed by atoms with Gasteiger partial charge >= 0.3 is 0 Å². The highest BCUT2D eigenvalue weighted by Crippen LogP contribution is 2.26. The summed E-state index contributed by atoms with van der Waals surface area (Å²) < 4.78 is 26.9. The van der Waals surface area contributed by atoms with E-state index in [1.165, 1.54) is 11.8 Å². The maximum absolute atomic E-state index is 12.1. The monoisotopic (exact) mass is 314 g/mol. The van der Waals surface area contributed by atoms with Gasteiger partial charge in [-0.3, -0.25) is 0 Å². The summed E-state index contributed by atoms with van der Waals surface area (Å²) in [5.74, 6) is 1.10. The molecule has 2 rings (SSSR count). The van der Waals surface area contributed by atoms with E-state index in [1.54, 1.807) is 0 Å². The molecule has 0 aromatic heterocycles. The van der Waals surface area contributed by atoms with E-state index in [0.29, 0.717) is 17.4 Å². The predicted octanol–water partition coefficient (Wildman–Crippen LogP) is 2.47. The van der Waals surface area contributed by atoms with Crippen molar-refractivity contribution in [2.24, 2.45) is 5.92 Å². The molecule has 112 valence electrons. The molecule has 3 N–H and O–H groups in total. The molecule has 1 aliphatic carbocycles. The van der Waals surface area contributed by atoms with Crippen molar-refractivity contribution in [1.29, 1.82) is 0 Å². The molecule has 4 nitrogen and oxygen atoms in total. The van der Waals surface area contributed by atoms with Gasteiger partial charge in [-0.2, -0.15) is 0 Å². The van der Waals surface area contributed by atoms with Gasteiger partial charge in [-0.25, -0.2) is 13.1 Å². The third kappa shape index (κ3) is 4.40. The number of hydrogen-bond acceptors (Lipinski definition) is 4. The normalized spacial score (nSPS) is 23.1. The molecular weight excluding hydrogens is 292 g/mol. The Kier molecular flexibility index (Phi) is 5.35. The Bertz CT molecular complexity index is 546. The lowest BCUT2D eigenvalue weighted by Crippen LogP contribution is -2.38. The van der Waals surface area contributed by atoms with Gasteiger partial charge in [0.2, 0.25) is 10.0 Å². The molecule has 0 aliphatic heterocycles. The molecule has 0 spiro atoms. The van der Waals surface area contributed by atoms with Crippen LogP contribution in [-0.2, 0) is 10.0 Å². The number of para-hydroxylation sites is 1. The second kappa shape index (κ2) is 6.83. The predicted molar refractivity (Wildman–Crippen MR) is 85.3 cm³/mol. The van der Waals surface area contributed by atoms with Crippen LogP contribution in [0.5, 0.6) is 0 Å². The Morgan fingerprint density at radius 2 is 2.10 bits per heavy atom. The molecular formula is C14H22N2O2S2. The highest BCUT2D eigenvalue weighted by Gasteiger charge is 2.27. The molecule has 1 fully saturated rings. The van der Waals surface area contributed by atoms with Crippen LogP contribution in [0.4, 0.5) is 5.69 Å². The fraction of sp³-hybridized carbons (Fsp3) is 0.571. The largest absolute Gasteiger partial charge is 0.398 e. The Hall–Kier alpha value is -0.720. The number of nitrogens with two attached hydrogens (primary N) is 1. The molecule has 6 heteroatoms. The topological polar surface area (TPSA) is 72.2 Å². The van der Waals surface area contributed by atoms with Gasteiger partial charge < -0.3 is 5.73 Å². The van der Waals surface area contributed by atoms with Crippen LogP contribution < -0.4 is 10.5 Å². The fourth-order valence-corrected chi connectivity index (χ4v) is 5.25. The average Bonchev–Trinajstić information content (AvgIpc) is 2.77. The lowest BCUT2D eigenvalue weighted by Gasteiger charge is -2.17. The van der Waals surface area contributed by atoms with Crippen LogP contribution in [0.1, 0.15) is 26.2 Å². The van der Waals surface area contributed by atoms with Crippen LogP contribution >= 0.6 is 11.8 Å². The van der Waals surface area contributed by atoms with Crippen molar-refractivity contribution >= 4 is 27.5 Å². The summed E-state index contributed by atoms with van der Waals surface area (Å²) in [5, 5.41) is 0. The number of nitrogen functional groups attached to an aromatic ring is 1. The zero-order valence-electron chi connectivity index (χ0n) is 11.7. The Labute approximate surface area is 125 Å². The summed E-state index contributed by atoms with van der Waals surface area (Å²) >= 11 is 1.49. The summed E-state index contributed by atoms with van der Waals surface area (Å²) in [6, 6.07) is 7.64. The number of thioether (sulfide) groups is 1. The first-order chi connectivity index (χ1) is 9.48. The Morgan fingerprint density at radius 3 is 2.75 bits per heavy atom. The van der Waals surface area contributed by atoms with Crippen LogP contribution in [0.15, 0.2) is 29.2 Å². The third-order valence-corrected chi connectivity index (χ3v) is 6.47. The Morgan fingerprint density at radius 1 is 1.35 bits per heavy atom. The minimum absolute atomic E-state index is 0.117. The van der Waals surface area contributed by atoms with Crippen LogP contribution in [0.25, 0.3) is 0 Å². The summed E-state index contributed by atoms with van der Waals surface area (Å²) in [7, 11) is -3.19. The van der Waals surface area contributed by atoms with Crippen LogP contribution in [0, 0.1) is 5.92 Å². The highest BCUT2D eigenvalue weighted by molar-refractivity contribution is 8.00. The van der Waals surface area contributed by atoms with E-state index < -0.39 is 10.0 Å². The van der Waals surface area contributed by atoms with Gasteiger partial charge in [0.25, 0.3) is 0 Å². The van der Waals surface area contributed by atoms with Gasteiger partial charge in [-0.05, 0) is 30.9 Å². The standard InChI is InChI=1S/C14H22N2O2S2/c1-11-5-4-7-13(11)16-20(17,18)10-9-19-14-8-3-2-6-12(14)15/h2-3,6,8,11,13,16H,4-5,7,9-10,15H2,1H3. The zero-order valence-corrected chi connectivity index (χ0v) is 13.3. The molecule has 0 heterocycles. The Balaban J connectivity index is 1.82. The second-order valence-corrected chi connectivity index (χ2v) is 8.35. The molecule has 0 saturated heterocycles. The third-order valence-electron chi connectivity index (χ3n) is 3.72. The minimum Gasteiger partial charge on any atom is -0.398 e. The van der Waals surface area contributed by atoms with Crippen molar-refractivity contribution in [2.45, 2.75) is 37.1 Å². The van der Waals surface area contributed by atoms with Gasteiger partial charge in [0.1, 0.15) is 0 Å². The van der Waals surface area contributed by atoms with E-state index in [-0.39, 0.29) is 11.8 Å². The van der Waals surface area contributed by atoms with E-state index >= 15 is 0 Å². The molecule has 0 amide bonds. The number of nitrogens with one attached hydrogen (secondary N) is 1. The van der Waals surface area contributed by atoms with Crippen LogP contribution in [0.3, 0.4) is 0 Å². The van der Waals surface area contributed by atoms with Crippen molar-refractivity contribution in [2.75, 3.05) is 17.2 Å². The summed E-state index contributed by atoms with van der Waals surface area (Å²) in [6.07, 6.45) is 3.19. The molecule has 2 unspecified atom stereocenters. The van der Waals surface area contributed by atoms with Gasteiger partial charge in [0, 0.05) is 22.4 Å². The number of sulfonamides is 1. The smallest absolute Gasteiger partial charge is 0.212 e. The van der Waals surface area contributed by atoms with Crippen molar-refractivity contribution in [1.82, 2.24) is 4.72 Å². The molecule has 1 saturated carbocycles. The summed E-state index contributed by atoms with van der Waals surface area (Å²) in [6.45, 7) is 2.11. The van der Waals surface area contributed by atoms with Crippen LogP contribution in [0.2, 0.25) is 0 Å². The minimum atomic E-state index is -3.19. The number of rotatable bonds is 6. The zero-order chi connectivity index (χ0) is 14.6. The molecule has 1 aliphatic rings. The van der Waals surface area contributed by atoms with Gasteiger partial charge in [0.15, 0.2) is 0 Å². The maximum atomic E-state index is 12.1. The van der Waals surface area contributed by atoms with E-state index in [0.717, 1.165) is 24.2 Å². The van der Waals surface area contributed by atoms with E-state index in [9.17, 15) is 8.42 Å². The van der Waals surface area contributed by atoms with Crippen LogP contribution in [-0.4, -0.2) is 26.0 Å². The number of hydrogen-bond donors (Lipinski definition) is 2. The quantitative estimate of drug-likeness (QED) is 0.625. The number of benzene rings is 1. The molecule has 0 bridgehead atoms. The van der Waals surface area contributed by atoms with Crippen molar-refractivity contribution < 1.29 is 8.42 Å². The van der Waals surface area contributed by atoms with Gasteiger partial charge in [-0.15, -0.1) is 11.8 Å². The van der Waals surface area contributed by atoms with E-state index in [1.807, 2.05) is 24.3 Å². The molecule has 2 atom stereocenters. The first-order valence-electron chi connectivity index (χ1n) is 6.95. The fourth-order valence-electron chi connectivity index (χ4n) is 2.48. The molecule has 1 aromatic rings. The first kappa shape index (κ1) is 15.7. The van der Waals surface area contributed by atoms with E-state index in [4.69, 9.17) is 5.73 Å². The molecule has 20 heavy (non-hydrogen) atoms. The van der Waals surface area contributed by atoms with Crippen molar-refractivity contribution in [3.8, 4) is 0 Å². The number of anilines is 1. The summed E-state index contributed by atoms with van der Waals surface area (Å²) in [4.78, 5) is 0.942. The molecule has 1 aromatic carbocycles.